The third kappa shape index (κ3) is 5.49. The summed E-state index contributed by atoms with van der Waals surface area (Å²) in [5.74, 6) is 0. The lowest BCUT2D eigenvalue weighted by Crippen LogP contribution is -2.31. The maximum atomic E-state index is 6.21. The summed E-state index contributed by atoms with van der Waals surface area (Å²) >= 11 is 6.21. The molecule has 0 saturated carbocycles. The fraction of sp³-hybridized carbons (Fsp3) is 0.389. The predicted molar refractivity (Wildman–Crippen MR) is 89.8 cm³/mol. The summed E-state index contributed by atoms with van der Waals surface area (Å²) in [5.41, 5.74) is 2.59. The Morgan fingerprint density at radius 3 is 2.71 bits per heavy atom. The van der Waals surface area contributed by atoms with Crippen molar-refractivity contribution in [2.45, 2.75) is 38.6 Å². The maximum absolute atomic E-state index is 6.21. The quantitative estimate of drug-likeness (QED) is 0.787. The first-order valence-corrected chi connectivity index (χ1v) is 8.03. The second-order valence-corrected chi connectivity index (χ2v) is 5.71. The van der Waals surface area contributed by atoms with Crippen LogP contribution in [-0.2, 0) is 12.8 Å². The van der Waals surface area contributed by atoms with Gasteiger partial charge in [-0.1, -0.05) is 48.9 Å². The van der Waals surface area contributed by atoms with Gasteiger partial charge in [0.15, 0.2) is 0 Å². The van der Waals surface area contributed by atoms with E-state index in [1.54, 1.807) is 6.20 Å². The van der Waals surface area contributed by atoms with Gasteiger partial charge in [0, 0.05) is 18.4 Å². The molecule has 0 aliphatic rings. The molecule has 0 bridgehead atoms. The zero-order chi connectivity index (χ0) is 14.9. The van der Waals surface area contributed by atoms with E-state index in [9.17, 15) is 0 Å². The Labute approximate surface area is 132 Å². The van der Waals surface area contributed by atoms with E-state index >= 15 is 0 Å². The first kappa shape index (κ1) is 16.0. The van der Waals surface area contributed by atoms with Crippen LogP contribution < -0.4 is 5.32 Å². The van der Waals surface area contributed by atoms with Crippen molar-refractivity contribution >= 4 is 11.6 Å². The summed E-state index contributed by atoms with van der Waals surface area (Å²) in [7, 11) is 0. The third-order valence-corrected chi connectivity index (χ3v) is 4.02. The molecule has 112 valence electrons. The lowest BCUT2D eigenvalue weighted by atomic mass is 9.99. The minimum absolute atomic E-state index is 0.471. The summed E-state index contributed by atoms with van der Waals surface area (Å²) < 4.78 is 0. The van der Waals surface area contributed by atoms with Crippen LogP contribution in [0.1, 0.15) is 30.9 Å². The van der Waals surface area contributed by atoms with Gasteiger partial charge >= 0.3 is 0 Å². The molecule has 0 saturated heterocycles. The molecule has 2 rings (SSSR count). The molecule has 1 N–H and O–H groups in total. The second kappa shape index (κ2) is 8.81. The summed E-state index contributed by atoms with van der Waals surface area (Å²) in [5, 5.41) is 4.33. The monoisotopic (exact) mass is 302 g/mol. The van der Waals surface area contributed by atoms with Crippen molar-refractivity contribution in [2.75, 3.05) is 6.54 Å². The van der Waals surface area contributed by atoms with Gasteiger partial charge in [-0.05, 0) is 49.4 Å². The van der Waals surface area contributed by atoms with E-state index in [2.05, 4.69) is 47.6 Å². The lowest BCUT2D eigenvalue weighted by molar-refractivity contribution is 0.476. The normalized spacial score (nSPS) is 12.3. The number of hydrogen-bond donors (Lipinski definition) is 1. The zero-order valence-electron chi connectivity index (χ0n) is 12.6. The molecular weight excluding hydrogens is 280 g/mol. The van der Waals surface area contributed by atoms with Gasteiger partial charge in [-0.3, -0.25) is 4.98 Å². The van der Waals surface area contributed by atoms with E-state index in [0.29, 0.717) is 6.04 Å². The van der Waals surface area contributed by atoms with Crippen molar-refractivity contribution in [3.05, 3.63) is 64.9 Å². The van der Waals surface area contributed by atoms with Crippen LogP contribution in [-0.4, -0.2) is 17.6 Å². The number of rotatable bonds is 8. The number of nitrogens with zero attached hydrogens (tertiary/aromatic N) is 1. The molecular formula is C18H23ClN2. The Morgan fingerprint density at radius 1 is 1.19 bits per heavy atom. The van der Waals surface area contributed by atoms with Crippen LogP contribution in [0.25, 0.3) is 0 Å². The highest BCUT2D eigenvalue weighted by atomic mass is 35.5. The van der Waals surface area contributed by atoms with Crippen LogP contribution in [0.4, 0.5) is 0 Å². The molecule has 0 aliphatic carbocycles. The topological polar surface area (TPSA) is 24.9 Å². The lowest BCUT2D eigenvalue weighted by Gasteiger charge is -2.18. The molecule has 0 radical (unpaired) electrons. The van der Waals surface area contributed by atoms with E-state index in [1.807, 2.05) is 12.3 Å². The number of pyridine rings is 1. The van der Waals surface area contributed by atoms with E-state index < -0.39 is 0 Å². The Morgan fingerprint density at radius 2 is 2.00 bits per heavy atom. The number of benzene rings is 1. The fourth-order valence-electron chi connectivity index (χ4n) is 2.60. The van der Waals surface area contributed by atoms with Crippen molar-refractivity contribution in [3.8, 4) is 0 Å². The van der Waals surface area contributed by atoms with E-state index in [1.165, 1.54) is 17.5 Å². The van der Waals surface area contributed by atoms with Crippen molar-refractivity contribution in [2.24, 2.45) is 0 Å². The maximum Gasteiger partial charge on any atom is 0.0621 e. The molecule has 1 heterocycles. The van der Waals surface area contributed by atoms with Crippen molar-refractivity contribution in [1.82, 2.24) is 10.3 Å². The molecule has 0 aliphatic heterocycles. The average molecular weight is 303 g/mol. The third-order valence-electron chi connectivity index (χ3n) is 3.68. The van der Waals surface area contributed by atoms with Gasteiger partial charge < -0.3 is 5.32 Å². The zero-order valence-corrected chi connectivity index (χ0v) is 13.3. The minimum atomic E-state index is 0.471. The number of nitrogens with one attached hydrogen (secondary N) is 1. The highest BCUT2D eigenvalue weighted by molar-refractivity contribution is 6.31. The minimum Gasteiger partial charge on any atom is -0.314 e. The van der Waals surface area contributed by atoms with Crippen LogP contribution >= 0.6 is 11.6 Å². The summed E-state index contributed by atoms with van der Waals surface area (Å²) in [4.78, 5) is 4.05. The van der Waals surface area contributed by atoms with Crippen molar-refractivity contribution < 1.29 is 0 Å². The standard InChI is InChI=1S/C18H23ClN2/c1-2-21-17(13-16-11-12-20-14-18(16)19)10-6-9-15-7-4-3-5-8-15/h3-5,7-8,11-12,14,17,21H,2,6,9-10,13H2,1H3. The number of aromatic nitrogens is 1. The van der Waals surface area contributed by atoms with Crippen LogP contribution in [0.2, 0.25) is 5.02 Å². The summed E-state index contributed by atoms with van der Waals surface area (Å²) in [6, 6.07) is 13.2. The van der Waals surface area contributed by atoms with Gasteiger partial charge in [-0.15, -0.1) is 0 Å². The molecule has 0 spiro atoms. The molecule has 1 atom stereocenters. The molecule has 0 amide bonds. The van der Waals surface area contributed by atoms with Crippen molar-refractivity contribution in [3.63, 3.8) is 0 Å². The van der Waals surface area contributed by atoms with Crippen LogP contribution in [0.5, 0.6) is 0 Å². The Balaban J connectivity index is 1.86. The summed E-state index contributed by atoms with van der Waals surface area (Å²) in [6.45, 7) is 3.14. The highest BCUT2D eigenvalue weighted by Gasteiger charge is 2.10. The number of likely N-dealkylation sites (N-methyl/N-ethyl adjacent to an activating group) is 1. The highest BCUT2D eigenvalue weighted by Crippen LogP contribution is 2.17. The largest absolute Gasteiger partial charge is 0.314 e. The molecule has 2 nitrogen and oxygen atoms in total. The number of aryl methyl sites for hydroxylation is 1. The Kier molecular flexibility index (Phi) is 6.71. The molecule has 3 heteroatoms. The van der Waals surface area contributed by atoms with Gasteiger partial charge in [0.1, 0.15) is 0 Å². The fourth-order valence-corrected chi connectivity index (χ4v) is 2.79. The summed E-state index contributed by atoms with van der Waals surface area (Å²) in [6.07, 6.45) is 7.97. The molecule has 2 aromatic rings. The average Bonchev–Trinajstić information content (AvgIpc) is 2.51. The van der Waals surface area contributed by atoms with Gasteiger partial charge in [0.05, 0.1) is 5.02 Å². The Bertz CT molecular complexity index is 528. The van der Waals surface area contributed by atoms with E-state index in [4.69, 9.17) is 11.6 Å². The van der Waals surface area contributed by atoms with E-state index in [-0.39, 0.29) is 0 Å². The number of halogens is 1. The predicted octanol–water partition coefficient (Wildman–Crippen LogP) is 4.28. The SMILES string of the molecule is CCNC(CCCc1ccccc1)Cc1ccncc1Cl. The molecule has 21 heavy (non-hydrogen) atoms. The molecule has 0 fully saturated rings. The van der Waals surface area contributed by atoms with Crippen LogP contribution in [0.3, 0.4) is 0 Å². The second-order valence-electron chi connectivity index (χ2n) is 5.30. The van der Waals surface area contributed by atoms with Crippen LogP contribution in [0, 0.1) is 0 Å². The molecule has 1 unspecified atom stereocenters. The van der Waals surface area contributed by atoms with E-state index in [0.717, 1.165) is 30.8 Å². The van der Waals surface area contributed by atoms with Gasteiger partial charge in [-0.2, -0.15) is 0 Å². The Hall–Kier alpha value is -1.38. The van der Waals surface area contributed by atoms with Gasteiger partial charge in [0.2, 0.25) is 0 Å². The first-order valence-electron chi connectivity index (χ1n) is 7.65. The van der Waals surface area contributed by atoms with Gasteiger partial charge in [-0.25, -0.2) is 0 Å². The van der Waals surface area contributed by atoms with Crippen molar-refractivity contribution in [1.29, 1.82) is 0 Å². The smallest absolute Gasteiger partial charge is 0.0621 e. The first-order chi connectivity index (χ1) is 10.3. The van der Waals surface area contributed by atoms with Gasteiger partial charge in [0.25, 0.3) is 0 Å². The number of hydrogen-bond acceptors (Lipinski definition) is 2. The molecule has 1 aromatic heterocycles. The molecule has 1 aromatic carbocycles. The van der Waals surface area contributed by atoms with Crippen LogP contribution in [0.15, 0.2) is 48.8 Å².